The summed E-state index contributed by atoms with van der Waals surface area (Å²) in [5.74, 6) is 0.757. The number of nitrogens with zero attached hydrogens (tertiary/aromatic N) is 3. The lowest BCUT2D eigenvalue weighted by atomic mass is 9.95. The number of piperidine rings is 1. The Morgan fingerprint density at radius 2 is 1.84 bits per heavy atom. The smallest absolute Gasteiger partial charge is 0.325 e. The molecule has 5 rings (SSSR count). The third-order valence-electron chi connectivity index (χ3n) is 4.76. The molecule has 128 valence electrons. The van der Waals surface area contributed by atoms with E-state index in [4.69, 9.17) is 0 Å². The van der Waals surface area contributed by atoms with Crippen molar-refractivity contribution in [3.8, 4) is 11.1 Å². The molecule has 2 aromatic heterocycles. The van der Waals surface area contributed by atoms with Gasteiger partial charge in [-0.2, -0.15) is 0 Å². The second-order valence-corrected chi connectivity index (χ2v) is 6.39. The SMILES string of the molecule is CC(=O)C1CCCCN1c1ncnc2[nH]c(=O)[nH]c12.c1cc2ccc1-2. The molecule has 1 aliphatic heterocycles. The summed E-state index contributed by atoms with van der Waals surface area (Å²) >= 11 is 0. The third-order valence-corrected chi connectivity index (χ3v) is 4.76. The van der Waals surface area contributed by atoms with Crippen molar-refractivity contribution in [3.05, 3.63) is 41.1 Å². The largest absolute Gasteiger partial charge is 0.345 e. The maximum Gasteiger partial charge on any atom is 0.325 e. The Morgan fingerprint density at radius 3 is 2.44 bits per heavy atom. The second-order valence-electron chi connectivity index (χ2n) is 6.39. The lowest BCUT2D eigenvalue weighted by Crippen LogP contribution is -2.44. The van der Waals surface area contributed by atoms with Crippen LogP contribution >= 0.6 is 0 Å². The van der Waals surface area contributed by atoms with E-state index >= 15 is 0 Å². The van der Waals surface area contributed by atoms with Crippen LogP contribution in [0.3, 0.4) is 0 Å². The number of rotatable bonds is 2. The Morgan fingerprint density at radius 1 is 1.12 bits per heavy atom. The van der Waals surface area contributed by atoms with Crippen LogP contribution < -0.4 is 10.6 Å². The normalized spacial score (nSPS) is 17.8. The molecule has 2 aromatic rings. The number of hydrogen-bond donors (Lipinski definition) is 2. The molecule has 2 aliphatic carbocycles. The summed E-state index contributed by atoms with van der Waals surface area (Å²) in [5, 5.41) is 0. The van der Waals surface area contributed by atoms with E-state index in [0.29, 0.717) is 17.0 Å². The first kappa shape index (κ1) is 15.6. The van der Waals surface area contributed by atoms with Crippen LogP contribution in [0.5, 0.6) is 0 Å². The summed E-state index contributed by atoms with van der Waals surface area (Å²) in [4.78, 5) is 38.7. The second kappa shape index (κ2) is 6.16. The number of Topliss-reactive ketones (excluding diaryl/α,β-unsaturated/α-hetero) is 1. The average molecular weight is 337 g/mol. The Hall–Kier alpha value is -2.96. The number of carbonyl (C=O) groups is 1. The molecule has 3 aliphatic rings. The monoisotopic (exact) mass is 337 g/mol. The average Bonchev–Trinajstić information content (AvgIpc) is 2.98. The van der Waals surface area contributed by atoms with Gasteiger partial charge in [0.2, 0.25) is 0 Å². The lowest BCUT2D eigenvalue weighted by molar-refractivity contribution is -0.118. The van der Waals surface area contributed by atoms with E-state index in [1.807, 2.05) is 4.90 Å². The molecule has 0 saturated carbocycles. The quantitative estimate of drug-likeness (QED) is 0.585. The molecule has 7 nitrogen and oxygen atoms in total. The summed E-state index contributed by atoms with van der Waals surface area (Å²) < 4.78 is 0. The molecule has 1 unspecified atom stereocenters. The summed E-state index contributed by atoms with van der Waals surface area (Å²) in [6.07, 6.45) is 4.30. The fraction of sp³-hybridized carbons (Fsp3) is 0.333. The minimum atomic E-state index is -0.312. The first-order valence-electron chi connectivity index (χ1n) is 8.44. The molecule has 0 radical (unpaired) electrons. The van der Waals surface area contributed by atoms with Crippen LogP contribution in [-0.4, -0.2) is 38.3 Å². The van der Waals surface area contributed by atoms with Gasteiger partial charge < -0.3 is 9.88 Å². The number of H-pyrrole nitrogens is 2. The van der Waals surface area contributed by atoms with Crippen molar-refractivity contribution in [2.45, 2.75) is 32.2 Å². The highest BCUT2D eigenvalue weighted by Gasteiger charge is 2.28. The molecule has 0 aromatic carbocycles. The standard InChI is InChI=1S/C12H15N5O2.C6H4/c1-7(18)8-4-2-3-5-17(8)11-9-10(13-6-14-11)16-12(19)15-9;1-2-6-4-3-5(1)6/h6,8H,2-5H2,1H3,(H2,13,14,15,16,19);1-4H. The fourth-order valence-electron chi connectivity index (χ4n) is 3.33. The number of aromatic amines is 2. The van der Waals surface area contributed by atoms with Gasteiger partial charge in [0.25, 0.3) is 0 Å². The van der Waals surface area contributed by atoms with Crippen molar-refractivity contribution in [2.75, 3.05) is 11.4 Å². The summed E-state index contributed by atoms with van der Waals surface area (Å²) in [6.45, 7) is 2.37. The van der Waals surface area contributed by atoms with Gasteiger partial charge in [0.05, 0.1) is 6.04 Å². The minimum absolute atomic E-state index is 0.129. The zero-order valence-electron chi connectivity index (χ0n) is 14.0. The molecule has 1 fully saturated rings. The van der Waals surface area contributed by atoms with E-state index in [2.05, 4.69) is 44.2 Å². The van der Waals surface area contributed by atoms with Gasteiger partial charge in [-0.05, 0) is 37.3 Å². The van der Waals surface area contributed by atoms with E-state index in [1.54, 1.807) is 6.92 Å². The molecule has 0 amide bonds. The predicted molar refractivity (Wildman–Crippen MR) is 95.6 cm³/mol. The number of benzene rings is 1. The number of hydrogen-bond acceptors (Lipinski definition) is 5. The number of aromatic nitrogens is 4. The number of carbonyl (C=O) groups excluding carboxylic acids is 1. The van der Waals surface area contributed by atoms with Gasteiger partial charge in [0.15, 0.2) is 17.2 Å². The first-order valence-corrected chi connectivity index (χ1v) is 8.44. The van der Waals surface area contributed by atoms with Crippen molar-refractivity contribution in [2.24, 2.45) is 0 Å². The highest BCUT2D eigenvalue weighted by atomic mass is 16.1. The van der Waals surface area contributed by atoms with Gasteiger partial charge in [0.1, 0.15) is 11.8 Å². The molecule has 2 N–H and O–H groups in total. The molecule has 1 atom stereocenters. The van der Waals surface area contributed by atoms with Crippen molar-refractivity contribution >= 4 is 22.8 Å². The molecule has 1 saturated heterocycles. The lowest BCUT2D eigenvalue weighted by Gasteiger charge is -2.35. The number of anilines is 1. The maximum absolute atomic E-state index is 11.8. The molecule has 7 heteroatoms. The van der Waals surface area contributed by atoms with Crippen LogP contribution in [0, 0.1) is 0 Å². The van der Waals surface area contributed by atoms with Gasteiger partial charge in [-0.3, -0.25) is 9.78 Å². The predicted octanol–water partition coefficient (Wildman–Crippen LogP) is 2.26. The molecular formula is C18H19N5O2. The van der Waals surface area contributed by atoms with Crippen LogP contribution in [0.4, 0.5) is 5.82 Å². The zero-order chi connectivity index (χ0) is 17.4. The molecular weight excluding hydrogens is 318 g/mol. The van der Waals surface area contributed by atoms with Gasteiger partial charge >= 0.3 is 5.69 Å². The number of fused-ring (bicyclic) bond motifs is 2. The molecule has 3 heterocycles. The third kappa shape index (κ3) is 2.82. The topological polar surface area (TPSA) is 94.7 Å². The van der Waals surface area contributed by atoms with Crippen molar-refractivity contribution in [3.63, 3.8) is 0 Å². The van der Waals surface area contributed by atoms with Crippen molar-refractivity contribution < 1.29 is 4.79 Å². The van der Waals surface area contributed by atoms with Gasteiger partial charge in [-0.25, -0.2) is 14.8 Å². The molecule has 0 bridgehead atoms. The maximum atomic E-state index is 11.8. The Bertz CT molecular complexity index is 952. The number of imidazole rings is 1. The van der Waals surface area contributed by atoms with Crippen LogP contribution in [0.25, 0.3) is 22.3 Å². The highest BCUT2D eigenvalue weighted by Crippen LogP contribution is 2.29. The minimum Gasteiger partial charge on any atom is -0.345 e. The van der Waals surface area contributed by atoms with Crippen molar-refractivity contribution in [1.82, 2.24) is 19.9 Å². The van der Waals surface area contributed by atoms with E-state index < -0.39 is 0 Å². The zero-order valence-corrected chi connectivity index (χ0v) is 14.0. The summed E-state index contributed by atoms with van der Waals surface area (Å²) in [6, 6.07) is 8.32. The van der Waals surface area contributed by atoms with Crippen LogP contribution in [0.15, 0.2) is 35.4 Å². The Kier molecular flexibility index (Phi) is 3.83. The van der Waals surface area contributed by atoms with Gasteiger partial charge in [-0.1, -0.05) is 24.3 Å². The van der Waals surface area contributed by atoms with Crippen LogP contribution in [0.2, 0.25) is 0 Å². The Balaban J connectivity index is 0.000000217. The van der Waals surface area contributed by atoms with E-state index in [0.717, 1.165) is 25.8 Å². The van der Waals surface area contributed by atoms with Crippen molar-refractivity contribution in [1.29, 1.82) is 0 Å². The number of nitrogens with one attached hydrogen (secondary N) is 2. The number of ketones is 1. The van der Waals surface area contributed by atoms with Crippen LogP contribution in [-0.2, 0) is 4.79 Å². The summed E-state index contributed by atoms with van der Waals surface area (Å²) in [7, 11) is 0. The van der Waals surface area contributed by atoms with E-state index in [9.17, 15) is 9.59 Å². The van der Waals surface area contributed by atoms with E-state index in [1.165, 1.54) is 17.5 Å². The summed E-state index contributed by atoms with van der Waals surface area (Å²) in [5.41, 5.74) is 3.58. The first-order chi connectivity index (χ1) is 12.1. The molecule has 0 spiro atoms. The Labute approximate surface area is 144 Å². The molecule has 25 heavy (non-hydrogen) atoms. The fourth-order valence-corrected chi connectivity index (χ4v) is 3.33. The van der Waals surface area contributed by atoms with Crippen LogP contribution in [0.1, 0.15) is 26.2 Å². The van der Waals surface area contributed by atoms with E-state index in [-0.39, 0.29) is 17.5 Å². The van der Waals surface area contributed by atoms with Gasteiger partial charge in [0, 0.05) is 6.54 Å². The van der Waals surface area contributed by atoms with Gasteiger partial charge in [-0.15, -0.1) is 0 Å². The highest BCUT2D eigenvalue weighted by molar-refractivity contribution is 5.89.